The van der Waals surface area contributed by atoms with Crippen molar-refractivity contribution < 1.29 is 4.79 Å². The van der Waals surface area contributed by atoms with Crippen LogP contribution < -0.4 is 10.6 Å². The minimum Gasteiger partial charge on any atom is -0.354 e. The fraction of sp³-hybridized carbons (Fsp3) is 0.933. The molecule has 19 heavy (non-hydrogen) atoms. The molecule has 2 aliphatic heterocycles. The molecule has 2 aliphatic rings. The second-order valence-electron chi connectivity index (χ2n) is 6.58. The zero-order valence-corrected chi connectivity index (χ0v) is 12.6. The highest BCUT2D eigenvalue weighted by molar-refractivity contribution is 5.81. The van der Waals surface area contributed by atoms with Gasteiger partial charge in [0.05, 0.1) is 6.04 Å². The average Bonchev–Trinajstić information content (AvgIpc) is 2.83. The summed E-state index contributed by atoms with van der Waals surface area (Å²) in [7, 11) is 0. The van der Waals surface area contributed by atoms with Crippen LogP contribution in [0.25, 0.3) is 0 Å². The maximum absolute atomic E-state index is 12.0. The van der Waals surface area contributed by atoms with E-state index in [9.17, 15) is 4.79 Å². The topological polar surface area (TPSA) is 44.4 Å². The molecule has 0 saturated carbocycles. The minimum atomic E-state index is -0.0725. The highest BCUT2D eigenvalue weighted by Crippen LogP contribution is 2.26. The van der Waals surface area contributed by atoms with Gasteiger partial charge in [-0.1, -0.05) is 13.8 Å². The normalized spacial score (nSPS) is 29.3. The maximum Gasteiger partial charge on any atom is 0.236 e. The lowest BCUT2D eigenvalue weighted by molar-refractivity contribution is -0.123. The lowest BCUT2D eigenvalue weighted by atomic mass is 9.97. The molecule has 4 nitrogen and oxygen atoms in total. The first-order valence-electron chi connectivity index (χ1n) is 7.84. The Bertz CT molecular complexity index is 306. The molecule has 0 radical (unpaired) electrons. The standard InChI is InChI=1S/C15H29N3O/c1-11(2)10-16-15(19)12(3)17-13-6-8-18-7-4-5-14(18)9-13/h11-14,17H,4-10H2,1-3H3,(H,16,19). The molecule has 0 aliphatic carbocycles. The number of nitrogens with zero attached hydrogens (tertiary/aromatic N) is 1. The number of amides is 1. The molecule has 3 unspecified atom stereocenters. The molecule has 2 fully saturated rings. The molecule has 0 aromatic heterocycles. The fourth-order valence-corrected chi connectivity index (χ4v) is 3.26. The highest BCUT2D eigenvalue weighted by Gasteiger charge is 2.32. The summed E-state index contributed by atoms with van der Waals surface area (Å²) < 4.78 is 0. The van der Waals surface area contributed by atoms with E-state index in [-0.39, 0.29) is 11.9 Å². The predicted molar refractivity (Wildman–Crippen MR) is 78.1 cm³/mol. The summed E-state index contributed by atoms with van der Waals surface area (Å²) >= 11 is 0. The van der Waals surface area contributed by atoms with Crippen molar-refractivity contribution in [2.24, 2.45) is 5.92 Å². The molecule has 1 amide bonds. The first-order valence-corrected chi connectivity index (χ1v) is 7.84. The number of hydrogen-bond acceptors (Lipinski definition) is 3. The Morgan fingerprint density at radius 1 is 1.26 bits per heavy atom. The number of carbonyl (C=O) groups excluding carboxylic acids is 1. The van der Waals surface area contributed by atoms with Gasteiger partial charge in [0.25, 0.3) is 0 Å². The van der Waals surface area contributed by atoms with Crippen LogP contribution in [0.1, 0.15) is 46.5 Å². The molecule has 3 atom stereocenters. The van der Waals surface area contributed by atoms with Gasteiger partial charge >= 0.3 is 0 Å². The molecule has 2 N–H and O–H groups in total. The lowest BCUT2D eigenvalue weighted by Crippen LogP contribution is -2.52. The zero-order valence-electron chi connectivity index (χ0n) is 12.6. The monoisotopic (exact) mass is 267 g/mol. The van der Waals surface area contributed by atoms with Gasteiger partial charge in [-0.15, -0.1) is 0 Å². The predicted octanol–water partition coefficient (Wildman–Crippen LogP) is 1.36. The summed E-state index contributed by atoms with van der Waals surface area (Å²) in [6, 6.07) is 1.20. The summed E-state index contributed by atoms with van der Waals surface area (Å²) in [5.74, 6) is 0.653. The van der Waals surface area contributed by atoms with E-state index in [1.54, 1.807) is 0 Å². The molecule has 4 heteroatoms. The van der Waals surface area contributed by atoms with Gasteiger partial charge in [-0.3, -0.25) is 4.79 Å². The van der Waals surface area contributed by atoms with E-state index < -0.39 is 0 Å². The SMILES string of the molecule is CC(C)CNC(=O)C(C)NC1CCN2CCCC2C1. The lowest BCUT2D eigenvalue weighted by Gasteiger charge is -2.36. The van der Waals surface area contributed by atoms with Gasteiger partial charge in [0.15, 0.2) is 0 Å². The summed E-state index contributed by atoms with van der Waals surface area (Å²) in [4.78, 5) is 14.6. The van der Waals surface area contributed by atoms with Gasteiger partial charge in [-0.05, 0) is 51.6 Å². The van der Waals surface area contributed by atoms with Gasteiger partial charge in [0.2, 0.25) is 5.91 Å². The van der Waals surface area contributed by atoms with Gasteiger partial charge in [-0.2, -0.15) is 0 Å². The molecule has 0 aromatic carbocycles. The first-order chi connectivity index (χ1) is 9.06. The van der Waals surface area contributed by atoms with Crippen molar-refractivity contribution in [1.29, 1.82) is 0 Å². The van der Waals surface area contributed by atoms with E-state index in [1.807, 2.05) is 6.92 Å². The van der Waals surface area contributed by atoms with E-state index in [0.717, 1.165) is 12.6 Å². The Morgan fingerprint density at radius 2 is 2.05 bits per heavy atom. The van der Waals surface area contributed by atoms with Crippen LogP contribution in [0.4, 0.5) is 0 Å². The molecule has 0 aromatic rings. The summed E-state index contributed by atoms with van der Waals surface area (Å²) in [6.07, 6.45) is 5.08. The number of piperidine rings is 1. The quantitative estimate of drug-likeness (QED) is 0.790. The van der Waals surface area contributed by atoms with Gasteiger partial charge < -0.3 is 15.5 Å². The first kappa shape index (κ1) is 14.8. The van der Waals surface area contributed by atoms with Gasteiger partial charge in [0, 0.05) is 18.6 Å². The van der Waals surface area contributed by atoms with Crippen LogP contribution in [0, 0.1) is 5.92 Å². The smallest absolute Gasteiger partial charge is 0.236 e. The van der Waals surface area contributed by atoms with Crippen LogP contribution in [0.2, 0.25) is 0 Å². The Labute approximate surface area is 117 Å². The Balaban J connectivity index is 1.72. The third-order valence-electron chi connectivity index (χ3n) is 4.38. The molecule has 110 valence electrons. The van der Waals surface area contributed by atoms with Crippen molar-refractivity contribution in [3.63, 3.8) is 0 Å². The van der Waals surface area contributed by atoms with Crippen molar-refractivity contribution in [1.82, 2.24) is 15.5 Å². The molecule has 0 spiro atoms. The van der Waals surface area contributed by atoms with Crippen molar-refractivity contribution in [2.45, 2.75) is 64.6 Å². The van der Waals surface area contributed by atoms with Crippen LogP contribution in [0.3, 0.4) is 0 Å². The average molecular weight is 267 g/mol. The number of fused-ring (bicyclic) bond motifs is 1. The number of nitrogens with one attached hydrogen (secondary N) is 2. The van der Waals surface area contributed by atoms with Crippen LogP contribution in [-0.4, -0.2) is 48.6 Å². The maximum atomic E-state index is 12.0. The Morgan fingerprint density at radius 3 is 2.79 bits per heavy atom. The van der Waals surface area contributed by atoms with Crippen molar-refractivity contribution in [3.05, 3.63) is 0 Å². The second kappa shape index (κ2) is 6.71. The fourth-order valence-electron chi connectivity index (χ4n) is 3.26. The molecular formula is C15H29N3O. The molecule has 0 bridgehead atoms. The van der Waals surface area contributed by atoms with Crippen LogP contribution >= 0.6 is 0 Å². The van der Waals surface area contributed by atoms with Gasteiger partial charge in [-0.25, -0.2) is 0 Å². The van der Waals surface area contributed by atoms with E-state index in [0.29, 0.717) is 12.0 Å². The molecular weight excluding hydrogens is 238 g/mol. The number of hydrogen-bond donors (Lipinski definition) is 2. The minimum absolute atomic E-state index is 0.0725. The largest absolute Gasteiger partial charge is 0.354 e. The van der Waals surface area contributed by atoms with E-state index in [4.69, 9.17) is 0 Å². The summed E-state index contributed by atoms with van der Waals surface area (Å²) in [5.41, 5.74) is 0. The number of rotatable bonds is 5. The molecule has 2 saturated heterocycles. The Hall–Kier alpha value is -0.610. The van der Waals surface area contributed by atoms with E-state index in [2.05, 4.69) is 29.4 Å². The van der Waals surface area contributed by atoms with Crippen LogP contribution in [-0.2, 0) is 4.79 Å². The van der Waals surface area contributed by atoms with Gasteiger partial charge in [0.1, 0.15) is 0 Å². The van der Waals surface area contributed by atoms with Crippen molar-refractivity contribution >= 4 is 5.91 Å². The zero-order chi connectivity index (χ0) is 13.8. The van der Waals surface area contributed by atoms with Crippen molar-refractivity contribution in [2.75, 3.05) is 19.6 Å². The van der Waals surface area contributed by atoms with Crippen molar-refractivity contribution in [3.8, 4) is 0 Å². The summed E-state index contributed by atoms with van der Waals surface area (Å²) in [5, 5.41) is 6.52. The van der Waals surface area contributed by atoms with E-state index in [1.165, 1.54) is 38.8 Å². The van der Waals surface area contributed by atoms with Crippen LogP contribution in [0.5, 0.6) is 0 Å². The third-order valence-corrected chi connectivity index (χ3v) is 4.38. The second-order valence-corrected chi connectivity index (χ2v) is 6.58. The van der Waals surface area contributed by atoms with E-state index >= 15 is 0 Å². The summed E-state index contributed by atoms with van der Waals surface area (Å²) in [6.45, 7) is 9.47. The highest BCUT2D eigenvalue weighted by atomic mass is 16.2. The third kappa shape index (κ3) is 4.18. The number of carbonyl (C=O) groups is 1. The Kier molecular flexibility index (Phi) is 5.22. The van der Waals surface area contributed by atoms with Crippen LogP contribution in [0.15, 0.2) is 0 Å². The molecule has 2 heterocycles. The molecule has 2 rings (SSSR count).